The predicted molar refractivity (Wildman–Crippen MR) is 68.6 cm³/mol. The van der Waals surface area contributed by atoms with Gasteiger partial charge in [0.25, 0.3) is 0 Å². The zero-order valence-electron chi connectivity index (χ0n) is 9.25. The number of hydrogen-bond acceptors (Lipinski definition) is 3. The van der Waals surface area contributed by atoms with Gasteiger partial charge in [0, 0.05) is 18.0 Å². The van der Waals surface area contributed by atoms with Gasteiger partial charge in [-0.15, -0.1) is 0 Å². The Bertz CT molecular complexity index is 648. The largest absolute Gasteiger partial charge is 0.297 e. The number of aromatic nitrogens is 2. The summed E-state index contributed by atoms with van der Waals surface area (Å²) in [6.45, 7) is 2.06. The summed E-state index contributed by atoms with van der Waals surface area (Å²) in [6, 6.07) is 8.25. The minimum atomic E-state index is 0.697. The monoisotopic (exact) mass is 242 g/mol. The van der Waals surface area contributed by atoms with E-state index in [0.717, 1.165) is 22.5 Å². The van der Waals surface area contributed by atoms with Crippen LogP contribution in [0.25, 0.3) is 16.2 Å². The van der Waals surface area contributed by atoms with Gasteiger partial charge in [0.1, 0.15) is 0 Å². The molecule has 0 radical (unpaired) electrons. The third-order valence-electron chi connectivity index (χ3n) is 2.64. The average Bonchev–Trinajstić information content (AvgIpc) is 2.87. The number of aldehydes is 1. The molecule has 1 aromatic carbocycles. The summed E-state index contributed by atoms with van der Waals surface area (Å²) in [7, 11) is 0. The van der Waals surface area contributed by atoms with E-state index in [-0.39, 0.29) is 0 Å². The van der Waals surface area contributed by atoms with Gasteiger partial charge in [-0.3, -0.25) is 9.20 Å². The molecule has 0 aliphatic heterocycles. The van der Waals surface area contributed by atoms with E-state index in [9.17, 15) is 4.79 Å². The van der Waals surface area contributed by atoms with Crippen molar-refractivity contribution in [3.63, 3.8) is 0 Å². The summed E-state index contributed by atoms with van der Waals surface area (Å²) in [5, 5.41) is 0. The number of rotatable bonds is 2. The first kappa shape index (κ1) is 10.2. The van der Waals surface area contributed by atoms with Gasteiger partial charge in [-0.1, -0.05) is 41.2 Å². The van der Waals surface area contributed by atoms with E-state index in [1.807, 2.05) is 10.6 Å². The van der Waals surface area contributed by atoms with E-state index >= 15 is 0 Å². The van der Waals surface area contributed by atoms with Crippen LogP contribution in [0, 0.1) is 6.92 Å². The molecule has 2 aromatic heterocycles. The number of thiazole rings is 1. The van der Waals surface area contributed by atoms with Gasteiger partial charge in [0.2, 0.25) is 0 Å². The van der Waals surface area contributed by atoms with Crippen LogP contribution in [0.15, 0.2) is 36.7 Å². The molecule has 0 spiro atoms. The van der Waals surface area contributed by atoms with Crippen molar-refractivity contribution in [2.45, 2.75) is 6.92 Å². The van der Waals surface area contributed by atoms with Crippen LogP contribution in [-0.2, 0) is 0 Å². The van der Waals surface area contributed by atoms with Crippen LogP contribution in [0.1, 0.15) is 15.2 Å². The standard InChI is InChI=1S/C13H10N2OS/c1-9-2-4-10(5-3-9)12-7-15-6-11(8-16)17-13(15)14-12/h2-8H,1H3. The first-order valence-electron chi connectivity index (χ1n) is 5.27. The molecular formula is C13H10N2OS. The molecule has 0 aliphatic carbocycles. The molecule has 2 heterocycles. The third-order valence-corrected chi connectivity index (χ3v) is 3.56. The number of benzene rings is 1. The second-order valence-electron chi connectivity index (χ2n) is 3.93. The molecule has 17 heavy (non-hydrogen) atoms. The van der Waals surface area contributed by atoms with Gasteiger partial charge in [0.05, 0.1) is 10.6 Å². The van der Waals surface area contributed by atoms with Crippen molar-refractivity contribution in [3.05, 3.63) is 47.1 Å². The van der Waals surface area contributed by atoms with E-state index in [0.29, 0.717) is 4.88 Å². The number of carbonyl (C=O) groups excluding carboxylic acids is 1. The van der Waals surface area contributed by atoms with Gasteiger partial charge >= 0.3 is 0 Å². The Morgan fingerprint density at radius 3 is 2.65 bits per heavy atom. The highest BCUT2D eigenvalue weighted by Gasteiger charge is 2.07. The molecule has 0 saturated heterocycles. The quantitative estimate of drug-likeness (QED) is 0.647. The third kappa shape index (κ3) is 1.76. The molecule has 3 aromatic rings. The lowest BCUT2D eigenvalue weighted by atomic mass is 10.1. The normalized spacial score (nSPS) is 10.9. The Kier molecular flexibility index (Phi) is 2.30. The first-order chi connectivity index (χ1) is 8.26. The second kappa shape index (κ2) is 3.82. The van der Waals surface area contributed by atoms with Crippen LogP contribution in [0.5, 0.6) is 0 Å². The molecule has 0 N–H and O–H groups in total. The lowest BCUT2D eigenvalue weighted by molar-refractivity contribution is 0.112. The molecule has 0 bridgehead atoms. The molecule has 0 amide bonds. The van der Waals surface area contributed by atoms with Gasteiger partial charge in [-0.05, 0) is 6.92 Å². The van der Waals surface area contributed by atoms with Crippen molar-refractivity contribution >= 4 is 22.6 Å². The van der Waals surface area contributed by atoms with Crippen molar-refractivity contribution < 1.29 is 4.79 Å². The second-order valence-corrected chi connectivity index (χ2v) is 4.97. The lowest BCUT2D eigenvalue weighted by Crippen LogP contribution is -1.78. The molecule has 84 valence electrons. The topological polar surface area (TPSA) is 34.4 Å². The molecule has 3 nitrogen and oxygen atoms in total. The van der Waals surface area contributed by atoms with E-state index in [2.05, 4.69) is 36.2 Å². The van der Waals surface area contributed by atoms with Crippen LogP contribution < -0.4 is 0 Å². The number of aryl methyl sites for hydroxylation is 1. The van der Waals surface area contributed by atoms with Crippen molar-refractivity contribution in [1.29, 1.82) is 0 Å². The van der Waals surface area contributed by atoms with Gasteiger partial charge in [-0.2, -0.15) is 0 Å². The number of fused-ring (bicyclic) bond motifs is 1. The van der Waals surface area contributed by atoms with Crippen LogP contribution in [0.2, 0.25) is 0 Å². The summed E-state index contributed by atoms with van der Waals surface area (Å²) in [5.74, 6) is 0. The van der Waals surface area contributed by atoms with Crippen LogP contribution >= 0.6 is 11.3 Å². The van der Waals surface area contributed by atoms with Gasteiger partial charge in [0.15, 0.2) is 11.2 Å². The zero-order chi connectivity index (χ0) is 11.8. The van der Waals surface area contributed by atoms with E-state index in [1.54, 1.807) is 6.20 Å². The number of carbonyl (C=O) groups is 1. The van der Waals surface area contributed by atoms with Crippen molar-refractivity contribution in [2.75, 3.05) is 0 Å². The maximum absolute atomic E-state index is 10.6. The lowest BCUT2D eigenvalue weighted by Gasteiger charge is -1.96. The van der Waals surface area contributed by atoms with Crippen molar-refractivity contribution in [3.8, 4) is 11.3 Å². The average molecular weight is 242 g/mol. The van der Waals surface area contributed by atoms with E-state index in [4.69, 9.17) is 0 Å². The Morgan fingerprint density at radius 2 is 2.00 bits per heavy atom. The summed E-state index contributed by atoms with van der Waals surface area (Å²) in [4.78, 5) is 16.7. The summed E-state index contributed by atoms with van der Waals surface area (Å²) in [5.41, 5.74) is 3.27. The van der Waals surface area contributed by atoms with Crippen LogP contribution in [0.4, 0.5) is 0 Å². The van der Waals surface area contributed by atoms with Crippen molar-refractivity contribution in [1.82, 2.24) is 9.38 Å². The fourth-order valence-corrected chi connectivity index (χ4v) is 2.51. The maximum Gasteiger partial charge on any atom is 0.194 e. The molecule has 0 atom stereocenters. The zero-order valence-corrected chi connectivity index (χ0v) is 10.1. The Morgan fingerprint density at radius 1 is 1.24 bits per heavy atom. The molecule has 0 fully saturated rings. The molecule has 4 heteroatoms. The van der Waals surface area contributed by atoms with Crippen molar-refractivity contribution in [2.24, 2.45) is 0 Å². The summed E-state index contributed by atoms with van der Waals surface area (Å²) in [6.07, 6.45) is 4.60. The number of imidazole rings is 1. The minimum absolute atomic E-state index is 0.697. The predicted octanol–water partition coefficient (Wildman–Crippen LogP) is 3.18. The Hall–Kier alpha value is -1.94. The first-order valence-corrected chi connectivity index (χ1v) is 6.09. The SMILES string of the molecule is Cc1ccc(-c2cn3cc(C=O)sc3n2)cc1. The highest BCUT2D eigenvalue weighted by Crippen LogP contribution is 2.23. The fraction of sp³-hybridized carbons (Fsp3) is 0.0769. The summed E-state index contributed by atoms with van der Waals surface area (Å²) < 4.78 is 1.89. The molecule has 0 unspecified atom stereocenters. The highest BCUT2D eigenvalue weighted by atomic mass is 32.1. The molecular weight excluding hydrogens is 232 g/mol. The molecule has 0 aliphatic rings. The minimum Gasteiger partial charge on any atom is -0.297 e. The van der Waals surface area contributed by atoms with Crippen LogP contribution in [-0.4, -0.2) is 15.7 Å². The maximum atomic E-state index is 10.6. The van der Waals surface area contributed by atoms with E-state index in [1.165, 1.54) is 16.9 Å². The van der Waals surface area contributed by atoms with Gasteiger partial charge in [-0.25, -0.2) is 4.98 Å². The highest BCUT2D eigenvalue weighted by molar-refractivity contribution is 7.18. The van der Waals surface area contributed by atoms with E-state index < -0.39 is 0 Å². The number of hydrogen-bond donors (Lipinski definition) is 0. The Labute approximate surface area is 102 Å². The molecule has 3 rings (SSSR count). The number of nitrogens with zero attached hydrogens (tertiary/aromatic N) is 2. The Balaban J connectivity index is 2.08. The van der Waals surface area contributed by atoms with Gasteiger partial charge < -0.3 is 0 Å². The fourth-order valence-electron chi connectivity index (χ4n) is 1.73. The van der Waals surface area contributed by atoms with Crippen LogP contribution in [0.3, 0.4) is 0 Å². The smallest absolute Gasteiger partial charge is 0.194 e. The summed E-state index contributed by atoms with van der Waals surface area (Å²) >= 11 is 1.40. The molecule has 0 saturated carbocycles.